The van der Waals surface area contributed by atoms with E-state index in [1.807, 2.05) is 13.8 Å². The molecule has 2 atom stereocenters. The van der Waals surface area contributed by atoms with Crippen LogP contribution >= 0.6 is 0 Å². The lowest BCUT2D eigenvalue weighted by atomic mass is 10.0. The number of hydrogen-bond acceptors (Lipinski definition) is 3. The molecule has 0 aromatic heterocycles. The van der Waals surface area contributed by atoms with Gasteiger partial charge in [0.15, 0.2) is 0 Å². The molecule has 0 bridgehead atoms. The predicted molar refractivity (Wildman–Crippen MR) is 49.2 cm³/mol. The Morgan fingerprint density at radius 3 is 2.69 bits per heavy atom. The van der Waals surface area contributed by atoms with Gasteiger partial charge in [0, 0.05) is 6.42 Å². The first-order valence-electron chi connectivity index (χ1n) is 4.95. The molecule has 0 radical (unpaired) electrons. The zero-order valence-electron chi connectivity index (χ0n) is 8.32. The van der Waals surface area contributed by atoms with Gasteiger partial charge in [0.1, 0.15) is 0 Å². The second kappa shape index (κ2) is 4.61. The Labute approximate surface area is 79.1 Å². The van der Waals surface area contributed by atoms with Gasteiger partial charge in [-0.25, -0.2) is 0 Å². The molecule has 1 rings (SSSR count). The van der Waals surface area contributed by atoms with Crippen molar-refractivity contribution < 1.29 is 14.6 Å². The summed E-state index contributed by atoms with van der Waals surface area (Å²) in [5.41, 5.74) is 0. The molecule has 0 aromatic rings. The minimum atomic E-state index is -0.197. The van der Waals surface area contributed by atoms with E-state index in [1.54, 1.807) is 0 Å². The monoisotopic (exact) mass is 186 g/mol. The van der Waals surface area contributed by atoms with E-state index in [9.17, 15) is 9.90 Å². The fraction of sp³-hybridized carbons (Fsp3) is 0.900. The molecule has 3 nitrogen and oxygen atoms in total. The summed E-state index contributed by atoms with van der Waals surface area (Å²) in [6, 6.07) is 0. The second-order valence-corrected chi connectivity index (χ2v) is 4.08. The molecule has 1 aliphatic carbocycles. The van der Waals surface area contributed by atoms with E-state index in [2.05, 4.69) is 0 Å². The van der Waals surface area contributed by atoms with Crippen LogP contribution in [0.5, 0.6) is 0 Å². The number of rotatable bonds is 3. The maximum atomic E-state index is 11.2. The molecular formula is C10H18O3. The van der Waals surface area contributed by atoms with E-state index < -0.39 is 0 Å². The van der Waals surface area contributed by atoms with Crippen LogP contribution < -0.4 is 0 Å². The molecular weight excluding hydrogens is 168 g/mol. The van der Waals surface area contributed by atoms with Gasteiger partial charge in [0.05, 0.1) is 12.2 Å². The highest BCUT2D eigenvalue weighted by Crippen LogP contribution is 2.28. The van der Waals surface area contributed by atoms with Crippen molar-refractivity contribution in [2.75, 3.05) is 0 Å². The van der Waals surface area contributed by atoms with Gasteiger partial charge in [-0.1, -0.05) is 0 Å². The molecule has 76 valence electrons. The van der Waals surface area contributed by atoms with Crippen LogP contribution in [0.4, 0.5) is 0 Å². The Morgan fingerprint density at radius 2 is 2.23 bits per heavy atom. The van der Waals surface area contributed by atoms with E-state index >= 15 is 0 Å². The summed E-state index contributed by atoms with van der Waals surface area (Å²) in [4.78, 5) is 11.2. The normalized spacial score (nSPS) is 28.0. The molecule has 0 unspecified atom stereocenters. The number of ether oxygens (including phenoxy) is 1. The first-order valence-corrected chi connectivity index (χ1v) is 4.95. The fourth-order valence-corrected chi connectivity index (χ4v) is 1.78. The van der Waals surface area contributed by atoms with Crippen molar-refractivity contribution in [2.24, 2.45) is 5.92 Å². The highest BCUT2D eigenvalue weighted by molar-refractivity contribution is 5.69. The number of hydrogen-bond donors (Lipinski definition) is 1. The lowest BCUT2D eigenvalue weighted by molar-refractivity contribution is -0.148. The van der Waals surface area contributed by atoms with E-state index in [0.717, 1.165) is 19.3 Å². The lowest BCUT2D eigenvalue weighted by Gasteiger charge is -2.11. The largest absolute Gasteiger partial charge is 0.463 e. The third-order valence-corrected chi connectivity index (χ3v) is 2.34. The standard InChI is InChI=1S/C10H18O3/c1-7(2)13-10(12)6-8-3-4-9(11)5-8/h7-9,11H,3-6H2,1-2H3/t8-,9+/m0/s1. The maximum Gasteiger partial charge on any atom is 0.306 e. The summed E-state index contributed by atoms with van der Waals surface area (Å²) in [7, 11) is 0. The molecule has 0 spiro atoms. The third-order valence-electron chi connectivity index (χ3n) is 2.34. The van der Waals surface area contributed by atoms with Gasteiger partial charge in [0.25, 0.3) is 0 Å². The smallest absolute Gasteiger partial charge is 0.306 e. The molecule has 3 heteroatoms. The lowest BCUT2D eigenvalue weighted by Crippen LogP contribution is -2.14. The van der Waals surface area contributed by atoms with Crippen molar-refractivity contribution in [3.63, 3.8) is 0 Å². The first kappa shape index (κ1) is 10.5. The number of carbonyl (C=O) groups excluding carboxylic acids is 1. The average molecular weight is 186 g/mol. The van der Waals surface area contributed by atoms with Crippen molar-refractivity contribution in [2.45, 2.75) is 51.7 Å². The van der Waals surface area contributed by atoms with Gasteiger partial charge in [-0.3, -0.25) is 4.79 Å². The van der Waals surface area contributed by atoms with Crippen LogP contribution in [0, 0.1) is 5.92 Å². The summed E-state index contributed by atoms with van der Waals surface area (Å²) in [6.07, 6.45) is 2.78. The quantitative estimate of drug-likeness (QED) is 0.679. The van der Waals surface area contributed by atoms with Crippen LogP contribution in [0.1, 0.15) is 39.5 Å². The molecule has 1 fully saturated rings. The summed E-state index contributed by atoms with van der Waals surface area (Å²) in [5, 5.41) is 9.24. The van der Waals surface area contributed by atoms with Crippen molar-refractivity contribution in [3.8, 4) is 0 Å². The van der Waals surface area contributed by atoms with Crippen molar-refractivity contribution in [1.82, 2.24) is 0 Å². The molecule has 13 heavy (non-hydrogen) atoms. The molecule has 0 aliphatic heterocycles. The Bertz CT molecular complexity index is 177. The molecule has 0 aromatic carbocycles. The van der Waals surface area contributed by atoms with Crippen LogP contribution in [-0.4, -0.2) is 23.3 Å². The maximum absolute atomic E-state index is 11.2. The predicted octanol–water partition coefficient (Wildman–Crippen LogP) is 1.49. The summed E-state index contributed by atoms with van der Waals surface area (Å²) in [5.74, 6) is 0.204. The van der Waals surface area contributed by atoms with Gasteiger partial charge in [-0.2, -0.15) is 0 Å². The highest BCUT2D eigenvalue weighted by Gasteiger charge is 2.25. The van der Waals surface area contributed by atoms with Crippen LogP contribution in [0.2, 0.25) is 0 Å². The Hall–Kier alpha value is -0.570. The average Bonchev–Trinajstić information content (AvgIpc) is 2.33. The van der Waals surface area contributed by atoms with Gasteiger partial charge in [-0.15, -0.1) is 0 Å². The van der Waals surface area contributed by atoms with E-state index in [4.69, 9.17) is 4.74 Å². The van der Waals surface area contributed by atoms with Gasteiger partial charge < -0.3 is 9.84 Å². The second-order valence-electron chi connectivity index (χ2n) is 4.08. The van der Waals surface area contributed by atoms with Crippen LogP contribution in [0.15, 0.2) is 0 Å². The Balaban J connectivity index is 2.21. The molecule has 0 saturated heterocycles. The molecule has 1 saturated carbocycles. The molecule has 0 heterocycles. The third kappa shape index (κ3) is 3.77. The number of aliphatic hydroxyl groups excluding tert-OH is 1. The van der Waals surface area contributed by atoms with Crippen molar-refractivity contribution >= 4 is 5.97 Å². The van der Waals surface area contributed by atoms with Gasteiger partial charge >= 0.3 is 5.97 Å². The number of esters is 1. The van der Waals surface area contributed by atoms with E-state index in [1.165, 1.54) is 0 Å². The summed E-state index contributed by atoms with van der Waals surface area (Å²) >= 11 is 0. The zero-order valence-corrected chi connectivity index (χ0v) is 8.32. The van der Waals surface area contributed by atoms with Crippen LogP contribution in [-0.2, 0) is 9.53 Å². The zero-order chi connectivity index (χ0) is 9.84. The first-order chi connectivity index (χ1) is 6.08. The Kier molecular flexibility index (Phi) is 3.72. The van der Waals surface area contributed by atoms with Crippen molar-refractivity contribution in [1.29, 1.82) is 0 Å². The SMILES string of the molecule is CC(C)OC(=O)C[C@H]1CC[C@@H](O)C1. The minimum absolute atomic E-state index is 0.0289. The van der Waals surface area contributed by atoms with Crippen LogP contribution in [0.25, 0.3) is 0 Å². The number of carbonyl (C=O) groups is 1. The van der Waals surface area contributed by atoms with Crippen molar-refractivity contribution in [3.05, 3.63) is 0 Å². The topological polar surface area (TPSA) is 46.5 Å². The van der Waals surface area contributed by atoms with Crippen LogP contribution in [0.3, 0.4) is 0 Å². The molecule has 0 amide bonds. The molecule has 1 N–H and O–H groups in total. The van der Waals surface area contributed by atoms with E-state index in [0.29, 0.717) is 12.3 Å². The molecule has 1 aliphatic rings. The fourth-order valence-electron chi connectivity index (χ4n) is 1.78. The van der Waals surface area contributed by atoms with E-state index in [-0.39, 0.29) is 18.2 Å². The summed E-state index contributed by atoms with van der Waals surface area (Å²) < 4.78 is 5.03. The van der Waals surface area contributed by atoms with Gasteiger partial charge in [-0.05, 0) is 39.0 Å². The Morgan fingerprint density at radius 1 is 1.54 bits per heavy atom. The minimum Gasteiger partial charge on any atom is -0.463 e. The summed E-state index contributed by atoms with van der Waals surface area (Å²) in [6.45, 7) is 3.70. The van der Waals surface area contributed by atoms with Gasteiger partial charge in [0.2, 0.25) is 0 Å². The number of aliphatic hydroxyl groups is 1. The highest BCUT2D eigenvalue weighted by atomic mass is 16.5.